The highest BCUT2D eigenvalue weighted by Crippen LogP contribution is 2.19. The topological polar surface area (TPSA) is 131 Å². The van der Waals surface area contributed by atoms with Gasteiger partial charge in [-0.1, -0.05) is 117 Å². The monoisotopic (exact) mass is 637 g/mol. The average Bonchev–Trinajstić information content (AvgIpc) is 3.42. The first-order valence-electron chi connectivity index (χ1n) is 17.0. The molecule has 250 valence electrons. The summed E-state index contributed by atoms with van der Waals surface area (Å²) in [4.78, 5) is 37.2. The van der Waals surface area contributed by atoms with Crippen molar-refractivity contribution < 1.29 is 23.8 Å². The van der Waals surface area contributed by atoms with Crippen LogP contribution in [-0.4, -0.2) is 50.8 Å². The summed E-state index contributed by atoms with van der Waals surface area (Å²) in [6.45, 7) is 4.43. The Morgan fingerprint density at radius 2 is 1.20 bits per heavy atom. The predicted octanol–water partition coefficient (Wildman–Crippen LogP) is 8.33. The number of ether oxygens (including phenoxy) is 3. The lowest BCUT2D eigenvalue weighted by molar-refractivity contribution is -0.157. The summed E-state index contributed by atoms with van der Waals surface area (Å²) in [5, 5.41) is 0.00384. The fraction of sp³-hybridized carbons (Fsp3) is 0.788. The molecule has 0 aliphatic heterocycles. The van der Waals surface area contributed by atoms with Gasteiger partial charge in [-0.25, -0.2) is 4.98 Å². The van der Waals surface area contributed by atoms with E-state index in [0.29, 0.717) is 24.0 Å². The molecule has 0 atom stereocenters. The first kappa shape index (κ1) is 37.7. The van der Waals surface area contributed by atoms with E-state index in [0.717, 1.165) is 38.5 Å². The van der Waals surface area contributed by atoms with Crippen molar-refractivity contribution in [1.82, 2.24) is 19.5 Å². The van der Waals surface area contributed by atoms with Gasteiger partial charge >= 0.3 is 11.9 Å². The number of rotatable bonds is 27. The second kappa shape index (κ2) is 23.9. The average molecular weight is 638 g/mol. The molecule has 10 nitrogen and oxygen atoms in total. The number of nitrogen functional groups attached to an aromatic ring is 1. The van der Waals surface area contributed by atoms with Gasteiger partial charge in [-0.15, -0.1) is 0 Å². The first-order valence-corrected chi connectivity index (χ1v) is 17.4. The van der Waals surface area contributed by atoms with Crippen LogP contribution in [0, 0.1) is 0 Å². The number of unbranched alkanes of at least 4 members (excludes halogenated alkanes) is 16. The number of fused-ring (bicyclic) bond motifs is 1. The lowest BCUT2D eigenvalue weighted by Crippen LogP contribution is -2.29. The summed E-state index contributed by atoms with van der Waals surface area (Å²) in [6.07, 6.45) is 22.8. The highest BCUT2D eigenvalue weighted by atomic mass is 35.5. The maximum Gasteiger partial charge on any atom is 0.305 e. The van der Waals surface area contributed by atoms with Crippen LogP contribution in [0.2, 0.25) is 5.28 Å². The molecule has 2 aromatic heterocycles. The maximum atomic E-state index is 12.4. The number of carbonyl (C=O) groups is 2. The van der Waals surface area contributed by atoms with Crippen LogP contribution in [0.3, 0.4) is 0 Å². The van der Waals surface area contributed by atoms with Gasteiger partial charge < -0.3 is 19.9 Å². The minimum atomic E-state index is -0.652. The van der Waals surface area contributed by atoms with Crippen molar-refractivity contribution in [2.24, 2.45) is 0 Å². The van der Waals surface area contributed by atoms with Crippen LogP contribution in [0.4, 0.5) is 5.82 Å². The van der Waals surface area contributed by atoms with Crippen LogP contribution in [-0.2, 0) is 30.5 Å². The van der Waals surface area contributed by atoms with Crippen LogP contribution < -0.4 is 5.73 Å². The van der Waals surface area contributed by atoms with E-state index in [-0.39, 0.29) is 43.0 Å². The third-order valence-corrected chi connectivity index (χ3v) is 7.91. The number of esters is 2. The molecular weight excluding hydrogens is 582 g/mol. The second-order valence-corrected chi connectivity index (χ2v) is 12.0. The van der Waals surface area contributed by atoms with Gasteiger partial charge in [-0.05, 0) is 24.4 Å². The van der Waals surface area contributed by atoms with Gasteiger partial charge in [-0.2, -0.15) is 9.97 Å². The van der Waals surface area contributed by atoms with Crippen LogP contribution >= 0.6 is 11.6 Å². The van der Waals surface area contributed by atoms with Gasteiger partial charge in [0.2, 0.25) is 5.28 Å². The van der Waals surface area contributed by atoms with E-state index in [1.807, 2.05) is 0 Å². The Morgan fingerprint density at radius 1 is 0.750 bits per heavy atom. The van der Waals surface area contributed by atoms with E-state index in [2.05, 4.69) is 28.8 Å². The molecule has 2 heterocycles. The Morgan fingerprint density at radius 3 is 1.68 bits per heavy atom. The number of carbonyl (C=O) groups excluding carboxylic acids is 2. The number of nitrogens with zero attached hydrogens (tertiary/aromatic N) is 4. The minimum absolute atomic E-state index is 0.00384. The van der Waals surface area contributed by atoms with Gasteiger partial charge in [0.25, 0.3) is 0 Å². The van der Waals surface area contributed by atoms with Crippen LogP contribution in [0.1, 0.15) is 142 Å². The van der Waals surface area contributed by atoms with E-state index in [9.17, 15) is 9.59 Å². The zero-order valence-corrected chi connectivity index (χ0v) is 28.0. The van der Waals surface area contributed by atoms with Crippen molar-refractivity contribution in [2.75, 3.05) is 18.9 Å². The van der Waals surface area contributed by atoms with E-state index < -0.39 is 6.10 Å². The van der Waals surface area contributed by atoms with E-state index >= 15 is 0 Å². The van der Waals surface area contributed by atoms with Crippen molar-refractivity contribution in [3.63, 3.8) is 0 Å². The number of aromatic nitrogens is 4. The van der Waals surface area contributed by atoms with Crippen LogP contribution in [0.5, 0.6) is 0 Å². The number of imidazole rings is 1. The smallest absolute Gasteiger partial charge is 0.305 e. The molecule has 0 amide bonds. The summed E-state index contributed by atoms with van der Waals surface area (Å²) >= 11 is 5.98. The summed E-state index contributed by atoms with van der Waals surface area (Å²) < 4.78 is 18.7. The van der Waals surface area contributed by atoms with Gasteiger partial charge in [0.1, 0.15) is 31.6 Å². The number of halogens is 1. The number of nitrogens with two attached hydrogens (primary N) is 1. The normalized spacial score (nSPS) is 11.5. The SMILES string of the molecule is CCCCCCCCCCCC(=O)OCC(COC(=O)CCCCCCCCCCC)OCn1cnc2c(N)nc(Cl)nc21. The van der Waals surface area contributed by atoms with E-state index in [4.69, 9.17) is 31.5 Å². The van der Waals surface area contributed by atoms with Gasteiger partial charge in [-0.3, -0.25) is 14.2 Å². The Hall–Kier alpha value is -2.46. The van der Waals surface area contributed by atoms with Gasteiger partial charge in [0.15, 0.2) is 11.5 Å². The van der Waals surface area contributed by atoms with E-state index in [1.54, 1.807) is 4.57 Å². The number of hydrogen-bond acceptors (Lipinski definition) is 9. The lowest BCUT2D eigenvalue weighted by Gasteiger charge is -2.18. The third kappa shape index (κ3) is 16.6. The highest BCUT2D eigenvalue weighted by molar-refractivity contribution is 6.28. The van der Waals surface area contributed by atoms with Crippen molar-refractivity contribution in [3.8, 4) is 0 Å². The van der Waals surface area contributed by atoms with Gasteiger partial charge in [0, 0.05) is 12.8 Å². The lowest BCUT2D eigenvalue weighted by atomic mass is 10.1. The molecule has 0 aliphatic carbocycles. The molecule has 2 aromatic rings. The largest absolute Gasteiger partial charge is 0.463 e. The van der Waals surface area contributed by atoms with E-state index in [1.165, 1.54) is 83.4 Å². The Bertz CT molecular complexity index is 1030. The molecule has 0 aliphatic rings. The molecule has 44 heavy (non-hydrogen) atoms. The van der Waals surface area contributed by atoms with Crippen LogP contribution in [0.15, 0.2) is 6.33 Å². The summed E-state index contributed by atoms with van der Waals surface area (Å²) in [7, 11) is 0. The molecule has 0 radical (unpaired) electrons. The number of hydrogen-bond donors (Lipinski definition) is 1. The Kier molecular flexibility index (Phi) is 20.5. The van der Waals surface area contributed by atoms with Crippen molar-refractivity contribution in [1.29, 1.82) is 0 Å². The predicted molar refractivity (Wildman–Crippen MR) is 175 cm³/mol. The molecule has 0 fully saturated rings. The van der Waals surface area contributed by atoms with Crippen molar-refractivity contribution in [3.05, 3.63) is 11.6 Å². The molecule has 0 saturated heterocycles. The molecule has 0 unspecified atom stereocenters. The Labute approximate surface area is 269 Å². The molecule has 0 bridgehead atoms. The first-order chi connectivity index (χ1) is 21.4. The zero-order valence-electron chi connectivity index (χ0n) is 27.2. The molecule has 2 N–H and O–H groups in total. The maximum absolute atomic E-state index is 12.4. The molecular formula is C33H56ClN5O5. The molecule has 11 heteroatoms. The van der Waals surface area contributed by atoms with Crippen LogP contribution in [0.25, 0.3) is 11.2 Å². The van der Waals surface area contributed by atoms with Gasteiger partial charge in [0.05, 0.1) is 6.33 Å². The number of anilines is 1. The zero-order chi connectivity index (χ0) is 31.8. The summed E-state index contributed by atoms with van der Waals surface area (Å²) in [5.41, 5.74) is 6.74. The molecule has 0 aromatic carbocycles. The fourth-order valence-electron chi connectivity index (χ4n) is 5.04. The highest BCUT2D eigenvalue weighted by Gasteiger charge is 2.18. The quantitative estimate of drug-likeness (QED) is 0.0583. The summed E-state index contributed by atoms with van der Waals surface area (Å²) in [5.74, 6) is -0.378. The minimum Gasteiger partial charge on any atom is -0.463 e. The molecule has 0 saturated carbocycles. The third-order valence-electron chi connectivity index (χ3n) is 7.74. The van der Waals surface area contributed by atoms with Crippen molar-refractivity contribution in [2.45, 2.75) is 155 Å². The summed E-state index contributed by atoms with van der Waals surface area (Å²) in [6, 6.07) is 0. The fourth-order valence-corrected chi connectivity index (χ4v) is 5.21. The van der Waals surface area contributed by atoms with Crippen molar-refractivity contribution >= 4 is 40.5 Å². The molecule has 0 spiro atoms. The molecule has 2 rings (SSSR count). The Balaban J connectivity index is 1.75. The standard InChI is InChI=1S/C33H56ClN5O5/c1-3-5-7-9-11-13-15-17-19-21-28(40)42-23-27(24-43-29(41)22-20-18-16-14-12-10-8-6-4-2)44-26-39-25-36-30-31(35)37-33(34)38-32(30)39/h25,27H,3-24,26H2,1-2H3,(H2,35,37,38). The second-order valence-electron chi connectivity index (χ2n) is 11.7.